The monoisotopic (exact) mass is 205 g/mol. The van der Waals surface area contributed by atoms with Crippen molar-refractivity contribution >= 4 is 15.7 Å². The van der Waals surface area contributed by atoms with E-state index < -0.39 is 27.9 Å². The van der Waals surface area contributed by atoms with Gasteiger partial charge in [-0.1, -0.05) is 6.58 Å². The van der Waals surface area contributed by atoms with Crippen molar-refractivity contribution in [3.63, 3.8) is 0 Å². The van der Waals surface area contributed by atoms with Gasteiger partial charge in [-0.2, -0.15) is 0 Å². The van der Waals surface area contributed by atoms with Gasteiger partial charge < -0.3 is 10.4 Å². The van der Waals surface area contributed by atoms with E-state index in [0.29, 0.717) is 0 Å². The van der Waals surface area contributed by atoms with Crippen molar-refractivity contribution < 1.29 is 18.3 Å². The van der Waals surface area contributed by atoms with Crippen LogP contribution in [0.2, 0.25) is 0 Å². The second-order valence-electron chi connectivity index (χ2n) is 2.96. The van der Waals surface area contributed by atoms with Crippen LogP contribution in [0.4, 0.5) is 0 Å². The summed E-state index contributed by atoms with van der Waals surface area (Å²) >= 11 is 0. The van der Waals surface area contributed by atoms with Gasteiger partial charge in [0.25, 0.3) is 0 Å². The number of rotatable bonds is 2. The molecule has 74 valence electrons. The summed E-state index contributed by atoms with van der Waals surface area (Å²) in [6, 6.07) is -0.699. The zero-order valence-corrected chi connectivity index (χ0v) is 7.75. The van der Waals surface area contributed by atoms with Crippen LogP contribution in [0.1, 0.15) is 0 Å². The first-order valence-electron chi connectivity index (χ1n) is 3.76. The number of amides is 1. The number of hydrogen-bond acceptors (Lipinski definition) is 4. The third-order valence-electron chi connectivity index (χ3n) is 1.84. The van der Waals surface area contributed by atoms with Crippen LogP contribution in [-0.4, -0.2) is 43.1 Å². The standard InChI is InChI=1S/C7H11NO4S/c1-2-7(10)8-5-3-13(11,12)4-6(5)9/h2,5-6,9H,1,3-4H2,(H,8,10)/t5-,6-/m1/s1. The zero-order valence-electron chi connectivity index (χ0n) is 6.93. The zero-order chi connectivity index (χ0) is 10.1. The Hall–Kier alpha value is -0.880. The molecule has 0 aromatic heterocycles. The molecule has 0 spiro atoms. The molecule has 1 aliphatic rings. The van der Waals surface area contributed by atoms with Crippen LogP contribution in [0.3, 0.4) is 0 Å². The fourth-order valence-electron chi connectivity index (χ4n) is 1.21. The SMILES string of the molecule is C=CC(=O)N[C@@H]1CS(=O)(=O)C[C@H]1O. The molecular formula is C7H11NO4S. The van der Waals surface area contributed by atoms with E-state index in [4.69, 9.17) is 0 Å². The second-order valence-corrected chi connectivity index (χ2v) is 5.12. The maximum Gasteiger partial charge on any atom is 0.243 e. The molecule has 0 aliphatic carbocycles. The molecule has 0 aromatic rings. The van der Waals surface area contributed by atoms with Gasteiger partial charge >= 0.3 is 0 Å². The Bertz CT molecular complexity index is 321. The van der Waals surface area contributed by atoms with Crippen molar-refractivity contribution in [2.24, 2.45) is 0 Å². The fraction of sp³-hybridized carbons (Fsp3) is 0.571. The highest BCUT2D eigenvalue weighted by atomic mass is 32.2. The van der Waals surface area contributed by atoms with Crippen LogP contribution >= 0.6 is 0 Å². The normalized spacial score (nSPS) is 31.2. The summed E-state index contributed by atoms with van der Waals surface area (Å²) in [5.74, 6) is -0.954. The summed E-state index contributed by atoms with van der Waals surface area (Å²) in [5.41, 5.74) is 0. The van der Waals surface area contributed by atoms with Crippen molar-refractivity contribution in [2.45, 2.75) is 12.1 Å². The van der Waals surface area contributed by atoms with Gasteiger partial charge in [-0.25, -0.2) is 8.42 Å². The van der Waals surface area contributed by atoms with Crippen molar-refractivity contribution in [1.29, 1.82) is 0 Å². The van der Waals surface area contributed by atoms with Crippen LogP contribution < -0.4 is 5.32 Å². The third-order valence-corrected chi connectivity index (χ3v) is 3.55. The largest absolute Gasteiger partial charge is 0.390 e. The van der Waals surface area contributed by atoms with E-state index in [9.17, 15) is 18.3 Å². The molecule has 13 heavy (non-hydrogen) atoms. The number of carbonyl (C=O) groups excluding carboxylic acids is 1. The van der Waals surface area contributed by atoms with Crippen molar-refractivity contribution in [3.8, 4) is 0 Å². The predicted octanol–water partition coefficient (Wildman–Crippen LogP) is -1.55. The summed E-state index contributed by atoms with van der Waals surface area (Å²) in [7, 11) is -3.20. The smallest absolute Gasteiger partial charge is 0.243 e. The van der Waals surface area contributed by atoms with Crippen molar-refractivity contribution in [3.05, 3.63) is 12.7 Å². The number of nitrogens with one attached hydrogen (secondary N) is 1. The van der Waals surface area contributed by atoms with E-state index in [1.54, 1.807) is 0 Å². The van der Waals surface area contributed by atoms with Gasteiger partial charge in [0, 0.05) is 0 Å². The Labute approximate surface area is 76.4 Å². The molecule has 6 heteroatoms. The quantitative estimate of drug-likeness (QED) is 0.534. The van der Waals surface area contributed by atoms with Crippen LogP contribution in [0.25, 0.3) is 0 Å². The molecule has 1 aliphatic heterocycles. The average molecular weight is 205 g/mol. The molecule has 0 aromatic carbocycles. The molecule has 1 saturated heterocycles. The van der Waals surface area contributed by atoms with Crippen molar-refractivity contribution in [2.75, 3.05) is 11.5 Å². The molecule has 1 rings (SSSR count). The lowest BCUT2D eigenvalue weighted by atomic mass is 10.2. The number of aliphatic hydroxyl groups excluding tert-OH is 1. The maximum absolute atomic E-state index is 11.0. The van der Waals surface area contributed by atoms with E-state index in [1.165, 1.54) is 0 Å². The first-order chi connectivity index (χ1) is 5.94. The highest BCUT2D eigenvalue weighted by Gasteiger charge is 2.36. The number of hydrogen-bond donors (Lipinski definition) is 2. The van der Waals surface area contributed by atoms with Gasteiger partial charge in [-0.15, -0.1) is 0 Å². The lowest BCUT2D eigenvalue weighted by molar-refractivity contribution is -0.117. The van der Waals surface area contributed by atoms with Crippen LogP contribution in [0.15, 0.2) is 12.7 Å². The molecule has 0 unspecified atom stereocenters. The second kappa shape index (κ2) is 3.47. The lowest BCUT2D eigenvalue weighted by Gasteiger charge is -2.12. The molecule has 0 saturated carbocycles. The fourth-order valence-corrected chi connectivity index (χ4v) is 2.95. The molecule has 2 atom stereocenters. The summed E-state index contributed by atoms with van der Waals surface area (Å²) in [5, 5.41) is 11.6. The molecule has 2 N–H and O–H groups in total. The van der Waals surface area contributed by atoms with Crippen molar-refractivity contribution in [1.82, 2.24) is 5.32 Å². The van der Waals surface area contributed by atoms with Crippen LogP contribution in [0, 0.1) is 0 Å². The minimum atomic E-state index is -3.20. The van der Waals surface area contributed by atoms with Gasteiger partial charge in [-0.05, 0) is 6.08 Å². The van der Waals surface area contributed by atoms with Gasteiger partial charge in [0.1, 0.15) is 0 Å². The maximum atomic E-state index is 11.0. The number of aliphatic hydroxyl groups is 1. The number of carbonyl (C=O) groups is 1. The Morgan fingerprint density at radius 1 is 1.54 bits per heavy atom. The highest BCUT2D eigenvalue weighted by molar-refractivity contribution is 7.91. The third kappa shape index (κ3) is 2.53. The molecule has 1 heterocycles. The Morgan fingerprint density at radius 3 is 2.54 bits per heavy atom. The van der Waals surface area contributed by atoms with Gasteiger partial charge in [-0.3, -0.25) is 4.79 Å². The van der Waals surface area contributed by atoms with E-state index >= 15 is 0 Å². The molecule has 1 fully saturated rings. The summed E-state index contributed by atoms with van der Waals surface area (Å²) in [6.45, 7) is 3.22. The topological polar surface area (TPSA) is 83.5 Å². The van der Waals surface area contributed by atoms with E-state index in [2.05, 4.69) is 11.9 Å². The lowest BCUT2D eigenvalue weighted by Crippen LogP contribution is -2.41. The summed E-state index contributed by atoms with van der Waals surface area (Å²) in [6.07, 6.45) is 0.0337. The molecule has 5 nitrogen and oxygen atoms in total. The van der Waals surface area contributed by atoms with Crippen LogP contribution in [-0.2, 0) is 14.6 Å². The van der Waals surface area contributed by atoms with Gasteiger partial charge in [0.05, 0.1) is 23.7 Å². The summed E-state index contributed by atoms with van der Waals surface area (Å²) in [4.78, 5) is 10.8. The minimum Gasteiger partial charge on any atom is -0.390 e. The average Bonchev–Trinajstić information content (AvgIpc) is 2.24. The molecule has 0 bridgehead atoms. The van der Waals surface area contributed by atoms with Crippen LogP contribution in [0.5, 0.6) is 0 Å². The highest BCUT2D eigenvalue weighted by Crippen LogP contribution is 2.12. The Kier molecular flexibility index (Phi) is 2.72. The van der Waals surface area contributed by atoms with Gasteiger partial charge in [0.15, 0.2) is 9.84 Å². The Balaban J connectivity index is 2.63. The first-order valence-corrected chi connectivity index (χ1v) is 5.58. The number of sulfone groups is 1. The van der Waals surface area contributed by atoms with Gasteiger partial charge in [0.2, 0.25) is 5.91 Å². The first kappa shape index (κ1) is 10.2. The molecule has 1 amide bonds. The molecule has 0 radical (unpaired) electrons. The van der Waals surface area contributed by atoms with E-state index in [1.807, 2.05) is 0 Å². The summed E-state index contributed by atoms with van der Waals surface area (Å²) < 4.78 is 22.0. The minimum absolute atomic E-state index is 0.201. The van der Waals surface area contributed by atoms with E-state index in [0.717, 1.165) is 6.08 Å². The van der Waals surface area contributed by atoms with E-state index in [-0.39, 0.29) is 11.5 Å². The Morgan fingerprint density at radius 2 is 2.15 bits per heavy atom. The molecular weight excluding hydrogens is 194 g/mol. The predicted molar refractivity (Wildman–Crippen MR) is 46.8 cm³/mol.